The van der Waals surface area contributed by atoms with Gasteiger partial charge in [-0.1, -0.05) is 135 Å². The fourth-order valence-electron chi connectivity index (χ4n) is 8.92. The Bertz CT molecular complexity index is 3050. The van der Waals surface area contributed by atoms with Crippen LogP contribution in [0, 0.1) is 6.92 Å². The number of allylic oxidation sites excluding steroid dienone is 3. The first-order valence-corrected chi connectivity index (χ1v) is 19.4. The zero-order valence-corrected chi connectivity index (χ0v) is 32.0. The van der Waals surface area contributed by atoms with Gasteiger partial charge in [0.1, 0.15) is 22.7 Å². The zero-order valence-electron chi connectivity index (χ0n) is 32.0. The summed E-state index contributed by atoms with van der Waals surface area (Å²) in [4.78, 5) is 2.31. The van der Waals surface area contributed by atoms with Crippen LogP contribution in [0.3, 0.4) is 0 Å². The minimum absolute atomic E-state index is 0.287. The average Bonchev–Trinajstić information content (AvgIpc) is 3.73. The molecular weight excluding hydrogens is 683 g/mol. The summed E-state index contributed by atoms with van der Waals surface area (Å²) in [5, 5.41) is 7.15. The molecule has 8 aromatic carbocycles. The lowest BCUT2D eigenvalue weighted by Crippen LogP contribution is -2.17. The number of hydrogen-bond acceptors (Lipinski definition) is 3. The third-order valence-electron chi connectivity index (χ3n) is 11.6. The molecule has 1 aliphatic rings. The van der Waals surface area contributed by atoms with Gasteiger partial charge < -0.3 is 14.1 Å². The monoisotopic (exact) mass is 723 g/mol. The van der Waals surface area contributed by atoms with E-state index in [0.29, 0.717) is 0 Å². The molecule has 0 atom stereocenters. The largest absolute Gasteiger partial charge is 0.457 e. The Morgan fingerprint density at radius 1 is 0.643 bits per heavy atom. The Hall–Kier alpha value is -6.84. The number of para-hydroxylation sites is 1. The van der Waals surface area contributed by atoms with E-state index in [9.17, 15) is 0 Å². The molecule has 0 saturated heterocycles. The highest BCUT2D eigenvalue weighted by atomic mass is 16.5. The summed E-state index contributed by atoms with van der Waals surface area (Å²) < 4.78 is 13.4. The number of hydrogen-bond donors (Lipinski definition) is 0. The van der Waals surface area contributed by atoms with Crippen molar-refractivity contribution in [2.24, 2.45) is 0 Å². The highest BCUT2D eigenvalue weighted by molar-refractivity contribution is 6.11. The Balaban J connectivity index is 1.07. The van der Waals surface area contributed by atoms with E-state index in [1.807, 2.05) is 6.92 Å². The van der Waals surface area contributed by atoms with Crippen LogP contribution in [-0.2, 0) is 5.41 Å². The van der Waals surface area contributed by atoms with E-state index in [4.69, 9.17) is 9.15 Å². The average molecular weight is 724 g/mol. The van der Waals surface area contributed by atoms with Crippen LogP contribution in [-0.4, -0.2) is 0 Å². The number of ether oxygens (including phenoxy) is 1. The number of fused-ring (bicyclic) bond motifs is 9. The molecule has 0 amide bonds. The van der Waals surface area contributed by atoms with Gasteiger partial charge in [-0.2, -0.15) is 0 Å². The zero-order chi connectivity index (χ0) is 38.0. The number of nitrogens with zero attached hydrogens (tertiary/aromatic N) is 1. The maximum atomic E-state index is 6.93. The van der Waals surface area contributed by atoms with Crippen LogP contribution in [0.4, 0.5) is 11.4 Å². The molecule has 0 unspecified atom stereocenters. The lowest BCUT2D eigenvalue weighted by Gasteiger charge is -2.27. The maximum Gasteiger partial charge on any atom is 0.143 e. The summed E-state index contributed by atoms with van der Waals surface area (Å²) in [5.41, 5.74) is 12.1. The van der Waals surface area contributed by atoms with Crippen molar-refractivity contribution >= 4 is 54.9 Å². The van der Waals surface area contributed by atoms with Crippen LogP contribution >= 0.6 is 0 Å². The van der Waals surface area contributed by atoms with Crippen LogP contribution in [0.2, 0.25) is 0 Å². The lowest BCUT2D eigenvalue weighted by atomic mass is 9.80. The van der Waals surface area contributed by atoms with Crippen LogP contribution in [0.15, 0.2) is 181 Å². The van der Waals surface area contributed by atoms with Crippen molar-refractivity contribution in [3.63, 3.8) is 0 Å². The molecule has 0 N–H and O–H groups in total. The topological polar surface area (TPSA) is 25.6 Å². The maximum absolute atomic E-state index is 6.93. The van der Waals surface area contributed by atoms with Crippen molar-refractivity contribution in [1.29, 1.82) is 0 Å². The molecule has 0 fully saturated rings. The molecule has 1 aliphatic carbocycles. The number of aryl methyl sites for hydroxylation is 1. The van der Waals surface area contributed by atoms with Gasteiger partial charge in [-0.3, -0.25) is 0 Å². The Morgan fingerprint density at radius 3 is 2.21 bits per heavy atom. The quantitative estimate of drug-likeness (QED) is 0.153. The van der Waals surface area contributed by atoms with Crippen molar-refractivity contribution < 1.29 is 9.15 Å². The minimum atomic E-state index is -0.287. The predicted octanol–water partition coefficient (Wildman–Crippen LogP) is 15.2. The first-order valence-electron chi connectivity index (χ1n) is 19.4. The van der Waals surface area contributed by atoms with Crippen molar-refractivity contribution in [3.05, 3.63) is 193 Å². The second-order valence-electron chi connectivity index (χ2n) is 15.3. The van der Waals surface area contributed by atoms with E-state index in [1.54, 1.807) is 0 Å². The van der Waals surface area contributed by atoms with Gasteiger partial charge in [-0.15, -0.1) is 0 Å². The van der Waals surface area contributed by atoms with Gasteiger partial charge in [-0.25, -0.2) is 0 Å². The van der Waals surface area contributed by atoms with E-state index in [-0.39, 0.29) is 5.41 Å². The number of benzene rings is 8. The molecule has 0 aliphatic heterocycles. The first kappa shape index (κ1) is 33.7. The summed E-state index contributed by atoms with van der Waals surface area (Å²) in [5.74, 6) is 1.65. The van der Waals surface area contributed by atoms with Gasteiger partial charge in [0.15, 0.2) is 0 Å². The van der Waals surface area contributed by atoms with E-state index in [2.05, 4.69) is 202 Å². The van der Waals surface area contributed by atoms with Crippen molar-refractivity contribution in [3.8, 4) is 33.8 Å². The summed E-state index contributed by atoms with van der Waals surface area (Å²) in [6, 6.07) is 54.0. The summed E-state index contributed by atoms with van der Waals surface area (Å²) in [6.07, 6.45) is 8.41. The van der Waals surface area contributed by atoms with E-state index in [0.717, 1.165) is 61.5 Å². The fourth-order valence-corrected chi connectivity index (χ4v) is 8.92. The molecule has 9 aromatic rings. The number of rotatable bonds is 7. The first-order chi connectivity index (χ1) is 27.4. The molecule has 0 radical (unpaired) electrons. The fraction of sp³-hybridized carbons (Fsp3) is 0.0943. The smallest absolute Gasteiger partial charge is 0.143 e. The second kappa shape index (κ2) is 13.2. The number of anilines is 2. The van der Waals surface area contributed by atoms with Crippen molar-refractivity contribution in [1.82, 2.24) is 0 Å². The molecule has 0 bridgehead atoms. The summed E-state index contributed by atoms with van der Waals surface area (Å²) in [7, 11) is 0. The van der Waals surface area contributed by atoms with Gasteiger partial charge in [0.2, 0.25) is 0 Å². The van der Waals surface area contributed by atoms with Gasteiger partial charge in [0, 0.05) is 44.6 Å². The Kier molecular flexibility index (Phi) is 7.93. The normalized spacial score (nSPS) is 13.4. The van der Waals surface area contributed by atoms with Gasteiger partial charge in [0.05, 0.1) is 5.69 Å². The molecule has 3 nitrogen and oxygen atoms in total. The van der Waals surface area contributed by atoms with Crippen molar-refractivity contribution in [2.75, 3.05) is 4.90 Å². The highest BCUT2D eigenvalue weighted by Gasteiger charge is 2.39. The molecule has 270 valence electrons. The van der Waals surface area contributed by atoms with E-state index >= 15 is 0 Å². The van der Waals surface area contributed by atoms with Crippen LogP contribution in [0.25, 0.3) is 65.7 Å². The molecule has 1 heterocycles. The molecule has 10 rings (SSSR count). The Morgan fingerprint density at radius 2 is 1.38 bits per heavy atom. The molecule has 0 saturated carbocycles. The summed E-state index contributed by atoms with van der Waals surface area (Å²) in [6.45, 7) is 8.89. The van der Waals surface area contributed by atoms with Gasteiger partial charge in [0.25, 0.3) is 0 Å². The van der Waals surface area contributed by atoms with Gasteiger partial charge in [-0.05, 0) is 106 Å². The lowest BCUT2D eigenvalue weighted by molar-refractivity contribution is 0.484. The second-order valence-corrected chi connectivity index (χ2v) is 15.3. The van der Waals surface area contributed by atoms with E-state index < -0.39 is 0 Å². The molecule has 56 heavy (non-hydrogen) atoms. The molecular formula is C53H41NO2. The van der Waals surface area contributed by atoms with Gasteiger partial charge >= 0.3 is 0 Å². The van der Waals surface area contributed by atoms with E-state index in [1.165, 1.54) is 43.8 Å². The highest BCUT2D eigenvalue weighted by Crippen LogP contribution is 2.56. The SMILES string of the molecule is C/C=C\C=C\N(c1ccc2c(c1)C(C)(C)c1c-2c(Oc2ccc(-c3cccc4c3oc3cccc(C)c34)cc2)cc2ccccc12)c1cccc2ccccc12. The Labute approximate surface area is 327 Å². The van der Waals surface area contributed by atoms with Crippen LogP contribution < -0.4 is 9.64 Å². The minimum Gasteiger partial charge on any atom is -0.457 e. The third kappa shape index (κ3) is 5.34. The van der Waals surface area contributed by atoms with Crippen molar-refractivity contribution in [2.45, 2.75) is 33.1 Å². The predicted molar refractivity (Wildman–Crippen MR) is 236 cm³/mol. The molecule has 3 heteroatoms. The standard InChI is InChI=1S/C53H41NO2/c1-5-6-11-31-54(46-23-13-18-35-16-7-9-19-40(35)46)38-27-30-43-45(33-38)53(3,4)51-41-20-10-8-17-37(41)32-48(50(43)51)55-39-28-25-36(26-29-39)42-21-14-22-44-49-34(2)15-12-24-47(49)56-52(42)44/h5-33H,1-4H3/b6-5-,31-11+. The summed E-state index contributed by atoms with van der Waals surface area (Å²) >= 11 is 0. The van der Waals surface area contributed by atoms with Crippen LogP contribution in [0.5, 0.6) is 11.5 Å². The third-order valence-corrected chi connectivity index (χ3v) is 11.6. The molecule has 1 aromatic heterocycles. The number of furan rings is 1. The van der Waals surface area contributed by atoms with Crippen LogP contribution in [0.1, 0.15) is 37.5 Å². The molecule has 0 spiro atoms.